The highest BCUT2D eigenvalue weighted by Gasteiger charge is 2.10. The van der Waals surface area contributed by atoms with Crippen molar-refractivity contribution in [2.24, 2.45) is 16.8 Å². The number of nitrogens with zero attached hydrogens (tertiary/aromatic N) is 2. The maximum atomic E-state index is 11.8. The fourth-order valence-corrected chi connectivity index (χ4v) is 2.24. The Balaban J connectivity index is 2.26. The Labute approximate surface area is 124 Å². The van der Waals surface area contributed by atoms with Crippen LogP contribution < -0.4 is 5.73 Å². The topological polar surface area (TPSA) is 67.9 Å². The van der Waals surface area contributed by atoms with Crippen molar-refractivity contribution < 1.29 is 9.63 Å². The number of carbonyl (C=O) groups excluding carboxylic acids is 1. The minimum absolute atomic E-state index is 0.0791. The van der Waals surface area contributed by atoms with Gasteiger partial charge in [-0.2, -0.15) is 0 Å². The van der Waals surface area contributed by atoms with Crippen molar-refractivity contribution in [2.75, 3.05) is 13.7 Å². The minimum atomic E-state index is -0.112. The van der Waals surface area contributed by atoms with Gasteiger partial charge in [0.1, 0.15) is 5.84 Å². The fourth-order valence-electron chi connectivity index (χ4n) is 1.49. The summed E-state index contributed by atoms with van der Waals surface area (Å²) in [5.41, 5.74) is 5.70. The van der Waals surface area contributed by atoms with E-state index in [9.17, 15) is 4.79 Å². The van der Waals surface area contributed by atoms with Gasteiger partial charge in [0.15, 0.2) is 6.61 Å². The van der Waals surface area contributed by atoms with Crippen molar-refractivity contribution in [3.8, 4) is 0 Å². The highest BCUT2D eigenvalue weighted by molar-refractivity contribution is 7.09. The molecule has 0 aromatic carbocycles. The molecule has 0 spiro atoms. The third kappa shape index (κ3) is 6.56. The second-order valence-corrected chi connectivity index (χ2v) is 6.15. The van der Waals surface area contributed by atoms with E-state index in [0.29, 0.717) is 24.7 Å². The molecule has 0 fully saturated rings. The van der Waals surface area contributed by atoms with Crippen LogP contribution in [0.1, 0.15) is 31.6 Å². The summed E-state index contributed by atoms with van der Waals surface area (Å²) in [4.78, 5) is 19.6. The predicted octanol–water partition coefficient (Wildman–Crippen LogP) is 2.43. The van der Waals surface area contributed by atoms with Crippen molar-refractivity contribution in [3.63, 3.8) is 0 Å². The van der Waals surface area contributed by atoms with Crippen LogP contribution in [0.25, 0.3) is 0 Å². The van der Waals surface area contributed by atoms with Crippen LogP contribution in [0.15, 0.2) is 22.7 Å². The number of rotatable bonds is 8. The Morgan fingerprint density at radius 2 is 2.30 bits per heavy atom. The van der Waals surface area contributed by atoms with E-state index >= 15 is 0 Å². The van der Waals surface area contributed by atoms with Gasteiger partial charge in [0, 0.05) is 18.3 Å². The molecule has 20 heavy (non-hydrogen) atoms. The lowest BCUT2D eigenvalue weighted by Gasteiger charge is -2.15. The number of hydrogen-bond donors (Lipinski definition) is 1. The summed E-state index contributed by atoms with van der Waals surface area (Å²) in [6, 6.07) is 3.96. The Bertz CT molecular complexity index is 430. The van der Waals surface area contributed by atoms with E-state index in [0.717, 1.165) is 11.3 Å². The van der Waals surface area contributed by atoms with E-state index in [1.165, 1.54) is 0 Å². The molecule has 1 aromatic heterocycles. The van der Waals surface area contributed by atoms with E-state index < -0.39 is 0 Å². The zero-order chi connectivity index (χ0) is 15.0. The van der Waals surface area contributed by atoms with E-state index in [4.69, 9.17) is 10.6 Å². The van der Waals surface area contributed by atoms with Crippen molar-refractivity contribution in [3.05, 3.63) is 22.4 Å². The third-order valence-corrected chi connectivity index (χ3v) is 3.61. The van der Waals surface area contributed by atoms with Crippen LogP contribution in [-0.2, 0) is 16.2 Å². The number of amidine groups is 1. The molecular weight excluding hydrogens is 274 g/mol. The zero-order valence-corrected chi connectivity index (χ0v) is 13.2. The number of hydrogen-bond acceptors (Lipinski definition) is 4. The normalized spacial score (nSPS) is 11.7. The Morgan fingerprint density at radius 3 is 2.90 bits per heavy atom. The molecule has 0 aliphatic carbocycles. The largest absolute Gasteiger partial charge is 0.384 e. The first-order valence-corrected chi connectivity index (χ1v) is 7.57. The van der Waals surface area contributed by atoms with Gasteiger partial charge in [-0.1, -0.05) is 25.1 Å². The van der Waals surface area contributed by atoms with Gasteiger partial charge >= 0.3 is 0 Å². The van der Waals surface area contributed by atoms with Crippen LogP contribution in [0.4, 0.5) is 0 Å². The van der Waals surface area contributed by atoms with Crippen LogP contribution in [0, 0.1) is 5.92 Å². The lowest BCUT2D eigenvalue weighted by Crippen LogP contribution is -2.29. The summed E-state index contributed by atoms with van der Waals surface area (Å²) in [7, 11) is 1.75. The van der Waals surface area contributed by atoms with Gasteiger partial charge in [-0.05, 0) is 23.8 Å². The molecule has 1 amide bonds. The third-order valence-electron chi connectivity index (χ3n) is 2.75. The van der Waals surface area contributed by atoms with Crippen molar-refractivity contribution in [1.29, 1.82) is 0 Å². The standard InChI is InChI=1S/C14H23N3O2S/c1-11(2)6-7-13(15)16-19-10-14(18)17(3)9-12-5-4-8-20-12/h4-5,8,11H,6-7,9-10H2,1-3H3,(H2,15,16). The molecule has 6 heteroatoms. The monoisotopic (exact) mass is 297 g/mol. The molecule has 0 saturated heterocycles. The number of nitrogens with two attached hydrogens (primary N) is 1. The SMILES string of the molecule is CC(C)CC/C(N)=N/OCC(=O)N(C)Cc1cccs1. The second-order valence-electron chi connectivity index (χ2n) is 5.12. The molecule has 1 aromatic rings. The summed E-state index contributed by atoms with van der Waals surface area (Å²) in [6.07, 6.45) is 1.65. The first-order valence-electron chi connectivity index (χ1n) is 6.69. The highest BCUT2D eigenvalue weighted by Crippen LogP contribution is 2.10. The number of amides is 1. The van der Waals surface area contributed by atoms with Crippen LogP contribution in [0.2, 0.25) is 0 Å². The van der Waals surface area contributed by atoms with Crippen molar-refractivity contribution >= 4 is 23.1 Å². The van der Waals surface area contributed by atoms with Gasteiger partial charge in [0.2, 0.25) is 0 Å². The molecule has 0 atom stereocenters. The lowest BCUT2D eigenvalue weighted by molar-refractivity contribution is -0.135. The number of carbonyl (C=O) groups is 1. The molecular formula is C14H23N3O2S. The average Bonchev–Trinajstić information content (AvgIpc) is 2.89. The minimum Gasteiger partial charge on any atom is -0.384 e. The summed E-state index contributed by atoms with van der Waals surface area (Å²) in [5, 5.41) is 5.76. The van der Waals surface area contributed by atoms with Crippen LogP contribution in [0.5, 0.6) is 0 Å². The molecule has 0 aliphatic heterocycles. The molecule has 112 valence electrons. The summed E-state index contributed by atoms with van der Waals surface area (Å²) >= 11 is 1.62. The second kappa shape index (κ2) is 8.58. The average molecular weight is 297 g/mol. The molecule has 0 saturated carbocycles. The Hall–Kier alpha value is -1.56. The van der Waals surface area contributed by atoms with Crippen LogP contribution in [0.3, 0.4) is 0 Å². The van der Waals surface area contributed by atoms with E-state index in [1.807, 2.05) is 17.5 Å². The number of oxime groups is 1. The highest BCUT2D eigenvalue weighted by atomic mass is 32.1. The Morgan fingerprint density at radius 1 is 1.55 bits per heavy atom. The van der Waals surface area contributed by atoms with Crippen molar-refractivity contribution in [1.82, 2.24) is 4.90 Å². The maximum absolute atomic E-state index is 11.8. The van der Waals surface area contributed by atoms with Gasteiger partial charge in [-0.15, -0.1) is 11.3 Å². The van der Waals surface area contributed by atoms with Crippen LogP contribution in [-0.4, -0.2) is 30.3 Å². The fraction of sp³-hybridized carbons (Fsp3) is 0.571. The lowest BCUT2D eigenvalue weighted by atomic mass is 10.1. The Kier molecular flexibility index (Phi) is 7.08. The molecule has 0 unspecified atom stereocenters. The summed E-state index contributed by atoms with van der Waals surface area (Å²) < 4.78 is 0. The van der Waals surface area contributed by atoms with Gasteiger partial charge in [-0.3, -0.25) is 4.79 Å². The molecule has 0 aliphatic rings. The molecule has 0 bridgehead atoms. The molecule has 1 heterocycles. The molecule has 0 radical (unpaired) electrons. The molecule has 1 rings (SSSR count). The van der Waals surface area contributed by atoms with E-state index in [-0.39, 0.29) is 12.5 Å². The number of likely N-dealkylation sites (N-methyl/N-ethyl adjacent to an activating group) is 1. The predicted molar refractivity (Wildman–Crippen MR) is 82.4 cm³/mol. The summed E-state index contributed by atoms with van der Waals surface area (Å²) in [6.45, 7) is 4.76. The first kappa shape index (κ1) is 16.5. The van der Waals surface area contributed by atoms with Gasteiger partial charge in [0.05, 0.1) is 6.54 Å². The zero-order valence-electron chi connectivity index (χ0n) is 12.3. The van der Waals surface area contributed by atoms with Gasteiger partial charge in [-0.25, -0.2) is 0 Å². The first-order chi connectivity index (χ1) is 9.49. The quantitative estimate of drug-likeness (QED) is 0.455. The maximum Gasteiger partial charge on any atom is 0.263 e. The van der Waals surface area contributed by atoms with Crippen LogP contribution >= 0.6 is 11.3 Å². The van der Waals surface area contributed by atoms with E-state index in [2.05, 4.69) is 19.0 Å². The summed E-state index contributed by atoms with van der Waals surface area (Å²) in [5.74, 6) is 0.897. The molecule has 2 N–H and O–H groups in total. The number of thiophene rings is 1. The smallest absolute Gasteiger partial charge is 0.263 e. The van der Waals surface area contributed by atoms with E-state index in [1.54, 1.807) is 23.3 Å². The molecule has 5 nitrogen and oxygen atoms in total. The van der Waals surface area contributed by atoms with Crippen molar-refractivity contribution in [2.45, 2.75) is 33.2 Å². The van der Waals surface area contributed by atoms with Gasteiger partial charge < -0.3 is 15.5 Å². The van der Waals surface area contributed by atoms with Gasteiger partial charge in [0.25, 0.3) is 5.91 Å².